The van der Waals surface area contributed by atoms with E-state index >= 15 is 0 Å². The van der Waals surface area contributed by atoms with Crippen LogP contribution in [0.25, 0.3) is 0 Å². The number of nitrogens with two attached hydrogens (primary N) is 1. The topological polar surface area (TPSA) is 26.0 Å². The normalized spacial score (nSPS) is 45.2. The number of allylic oxidation sites excluding steroid dienone is 2. The van der Waals surface area contributed by atoms with Crippen molar-refractivity contribution >= 4 is 0 Å². The van der Waals surface area contributed by atoms with Gasteiger partial charge in [0.15, 0.2) is 0 Å². The van der Waals surface area contributed by atoms with Crippen molar-refractivity contribution in [3.8, 4) is 0 Å². The Balaban J connectivity index is 1.82. The SMILES string of the molecule is NCC1(C2CC3C=CC2C3)CCC1. The summed E-state index contributed by atoms with van der Waals surface area (Å²) < 4.78 is 0. The Bertz CT molecular complexity index is 234. The third-order valence-electron chi connectivity index (χ3n) is 4.82. The van der Waals surface area contributed by atoms with Crippen LogP contribution in [0.15, 0.2) is 12.2 Å². The molecule has 3 aliphatic rings. The molecule has 0 spiro atoms. The van der Waals surface area contributed by atoms with Crippen LogP contribution in [-0.2, 0) is 0 Å². The molecule has 0 aromatic heterocycles. The Morgan fingerprint density at radius 2 is 2.08 bits per heavy atom. The van der Waals surface area contributed by atoms with E-state index < -0.39 is 0 Å². The molecule has 2 bridgehead atoms. The van der Waals surface area contributed by atoms with E-state index in [1.165, 1.54) is 32.1 Å². The summed E-state index contributed by atoms with van der Waals surface area (Å²) in [6.07, 6.45) is 12.0. The molecule has 0 heterocycles. The molecule has 3 rings (SSSR count). The van der Waals surface area contributed by atoms with E-state index in [0.29, 0.717) is 5.41 Å². The van der Waals surface area contributed by atoms with Gasteiger partial charge in [0, 0.05) is 0 Å². The molecule has 3 aliphatic carbocycles. The highest BCUT2D eigenvalue weighted by molar-refractivity contribution is 5.14. The van der Waals surface area contributed by atoms with Crippen LogP contribution in [0, 0.1) is 23.2 Å². The lowest BCUT2D eigenvalue weighted by molar-refractivity contribution is 0.0430. The van der Waals surface area contributed by atoms with Crippen LogP contribution >= 0.6 is 0 Å². The highest BCUT2D eigenvalue weighted by Crippen LogP contribution is 2.58. The van der Waals surface area contributed by atoms with Crippen LogP contribution in [0.3, 0.4) is 0 Å². The van der Waals surface area contributed by atoms with Crippen LogP contribution in [0.2, 0.25) is 0 Å². The van der Waals surface area contributed by atoms with Crippen LogP contribution in [-0.4, -0.2) is 6.54 Å². The Morgan fingerprint density at radius 1 is 1.23 bits per heavy atom. The molecular formula is C12H19N. The first-order chi connectivity index (χ1) is 6.34. The van der Waals surface area contributed by atoms with E-state index in [1.54, 1.807) is 0 Å². The smallest absolute Gasteiger partial charge is 0.00177 e. The maximum absolute atomic E-state index is 5.96. The quantitative estimate of drug-likeness (QED) is 0.644. The maximum Gasteiger partial charge on any atom is -0.00177 e. The van der Waals surface area contributed by atoms with Gasteiger partial charge in [0.25, 0.3) is 0 Å². The third-order valence-corrected chi connectivity index (χ3v) is 4.82. The van der Waals surface area contributed by atoms with Crippen molar-refractivity contribution in [2.45, 2.75) is 32.1 Å². The van der Waals surface area contributed by atoms with Crippen molar-refractivity contribution in [2.24, 2.45) is 28.9 Å². The van der Waals surface area contributed by atoms with Gasteiger partial charge < -0.3 is 5.73 Å². The third kappa shape index (κ3) is 0.969. The van der Waals surface area contributed by atoms with Gasteiger partial charge in [-0.1, -0.05) is 18.6 Å². The van der Waals surface area contributed by atoms with Crippen LogP contribution < -0.4 is 5.73 Å². The van der Waals surface area contributed by atoms with E-state index in [-0.39, 0.29) is 0 Å². The summed E-state index contributed by atoms with van der Waals surface area (Å²) in [5.74, 6) is 2.76. The van der Waals surface area contributed by atoms with Crippen molar-refractivity contribution in [1.29, 1.82) is 0 Å². The second-order valence-electron chi connectivity index (χ2n) is 5.31. The van der Waals surface area contributed by atoms with E-state index in [4.69, 9.17) is 5.73 Å². The molecule has 0 radical (unpaired) electrons. The minimum Gasteiger partial charge on any atom is -0.330 e. The van der Waals surface area contributed by atoms with Gasteiger partial charge in [-0.15, -0.1) is 0 Å². The molecule has 0 aromatic rings. The Hall–Kier alpha value is -0.300. The standard InChI is InChI=1S/C12H19N/c13-8-12(4-1-5-12)11-7-9-2-3-10(11)6-9/h2-3,9-11H,1,4-8,13H2. The van der Waals surface area contributed by atoms with Gasteiger partial charge in [-0.3, -0.25) is 0 Å². The Labute approximate surface area is 80.4 Å². The van der Waals surface area contributed by atoms with Crippen LogP contribution in [0.5, 0.6) is 0 Å². The molecule has 72 valence electrons. The molecule has 0 aromatic carbocycles. The van der Waals surface area contributed by atoms with Gasteiger partial charge in [0.1, 0.15) is 0 Å². The monoisotopic (exact) mass is 177 g/mol. The van der Waals surface area contributed by atoms with Crippen molar-refractivity contribution in [3.05, 3.63) is 12.2 Å². The highest BCUT2D eigenvalue weighted by Gasteiger charge is 2.50. The number of fused-ring (bicyclic) bond motifs is 2. The summed E-state index contributed by atoms with van der Waals surface area (Å²) in [6, 6.07) is 0. The fourth-order valence-corrected chi connectivity index (χ4v) is 3.84. The molecule has 2 saturated carbocycles. The Morgan fingerprint density at radius 3 is 2.46 bits per heavy atom. The highest BCUT2D eigenvalue weighted by atomic mass is 14.7. The summed E-state index contributed by atoms with van der Waals surface area (Å²) >= 11 is 0. The minimum atomic E-state index is 0.574. The van der Waals surface area contributed by atoms with Crippen molar-refractivity contribution in [1.82, 2.24) is 0 Å². The first-order valence-electron chi connectivity index (χ1n) is 5.72. The zero-order chi connectivity index (χ0) is 8.89. The zero-order valence-electron chi connectivity index (χ0n) is 8.21. The molecule has 3 unspecified atom stereocenters. The molecule has 13 heavy (non-hydrogen) atoms. The summed E-state index contributed by atoms with van der Waals surface area (Å²) in [5.41, 5.74) is 6.53. The fraction of sp³-hybridized carbons (Fsp3) is 0.833. The zero-order valence-corrected chi connectivity index (χ0v) is 8.21. The van der Waals surface area contributed by atoms with Gasteiger partial charge in [-0.25, -0.2) is 0 Å². The summed E-state index contributed by atoms with van der Waals surface area (Å²) in [6.45, 7) is 0.939. The lowest BCUT2D eigenvalue weighted by Gasteiger charge is -2.48. The average molecular weight is 177 g/mol. The molecular weight excluding hydrogens is 158 g/mol. The molecule has 1 heteroatoms. The molecule has 0 saturated heterocycles. The largest absolute Gasteiger partial charge is 0.330 e. The second-order valence-corrected chi connectivity index (χ2v) is 5.31. The van der Waals surface area contributed by atoms with Gasteiger partial charge in [0.2, 0.25) is 0 Å². The lowest BCUT2D eigenvalue weighted by atomic mass is 9.58. The van der Waals surface area contributed by atoms with E-state index in [1.807, 2.05) is 0 Å². The maximum atomic E-state index is 5.96. The summed E-state index contributed by atoms with van der Waals surface area (Å²) in [5, 5.41) is 0. The predicted octanol–water partition coefficient (Wildman–Crippen LogP) is 2.33. The average Bonchev–Trinajstić information content (AvgIpc) is 2.64. The van der Waals surface area contributed by atoms with Crippen LogP contribution in [0.1, 0.15) is 32.1 Å². The van der Waals surface area contributed by atoms with Crippen molar-refractivity contribution in [2.75, 3.05) is 6.54 Å². The first kappa shape index (κ1) is 8.05. The van der Waals surface area contributed by atoms with Crippen molar-refractivity contribution in [3.63, 3.8) is 0 Å². The molecule has 2 N–H and O–H groups in total. The van der Waals surface area contributed by atoms with E-state index in [9.17, 15) is 0 Å². The molecule has 1 nitrogen and oxygen atoms in total. The second kappa shape index (κ2) is 2.60. The number of hydrogen-bond acceptors (Lipinski definition) is 1. The fourth-order valence-electron chi connectivity index (χ4n) is 3.84. The first-order valence-corrected chi connectivity index (χ1v) is 5.72. The van der Waals surface area contributed by atoms with E-state index in [2.05, 4.69) is 12.2 Å². The lowest BCUT2D eigenvalue weighted by Crippen LogP contribution is -2.45. The van der Waals surface area contributed by atoms with Gasteiger partial charge in [-0.2, -0.15) is 0 Å². The van der Waals surface area contributed by atoms with Gasteiger partial charge >= 0.3 is 0 Å². The predicted molar refractivity (Wildman–Crippen MR) is 54.2 cm³/mol. The summed E-state index contributed by atoms with van der Waals surface area (Å²) in [7, 11) is 0. The van der Waals surface area contributed by atoms with Gasteiger partial charge in [-0.05, 0) is 55.4 Å². The molecule has 3 atom stereocenters. The molecule has 0 amide bonds. The van der Waals surface area contributed by atoms with Crippen molar-refractivity contribution < 1.29 is 0 Å². The number of rotatable bonds is 2. The van der Waals surface area contributed by atoms with E-state index in [0.717, 1.165) is 24.3 Å². The molecule has 2 fully saturated rings. The molecule has 0 aliphatic heterocycles. The van der Waals surface area contributed by atoms with Crippen LogP contribution in [0.4, 0.5) is 0 Å². The summed E-state index contributed by atoms with van der Waals surface area (Å²) in [4.78, 5) is 0. The Kier molecular flexibility index (Phi) is 1.61. The minimum absolute atomic E-state index is 0.574. The van der Waals surface area contributed by atoms with Gasteiger partial charge in [0.05, 0.1) is 0 Å². The number of hydrogen-bond donors (Lipinski definition) is 1.